The zero-order chi connectivity index (χ0) is 13.7. The smallest absolute Gasteiger partial charge is 0.337 e. The molecular formula is C13H11N3O3. The van der Waals surface area contributed by atoms with Crippen molar-refractivity contribution in [3.8, 4) is 0 Å². The van der Waals surface area contributed by atoms with Crippen LogP contribution in [-0.2, 0) is 4.74 Å². The molecule has 2 aromatic rings. The first-order valence-corrected chi connectivity index (χ1v) is 5.46. The van der Waals surface area contributed by atoms with Gasteiger partial charge in [-0.15, -0.1) is 0 Å². The molecule has 0 atom stereocenters. The number of methoxy groups -OCH3 is 1. The second kappa shape index (κ2) is 5.72. The summed E-state index contributed by atoms with van der Waals surface area (Å²) >= 11 is 0. The van der Waals surface area contributed by atoms with Gasteiger partial charge in [-0.2, -0.15) is 0 Å². The van der Waals surface area contributed by atoms with Gasteiger partial charge in [0, 0.05) is 11.9 Å². The van der Waals surface area contributed by atoms with Gasteiger partial charge < -0.3 is 10.1 Å². The fourth-order valence-corrected chi connectivity index (χ4v) is 1.46. The van der Waals surface area contributed by atoms with Gasteiger partial charge in [-0.05, 0) is 24.3 Å². The number of amides is 1. The second-order valence-electron chi connectivity index (χ2n) is 3.62. The fourth-order valence-electron chi connectivity index (χ4n) is 1.46. The van der Waals surface area contributed by atoms with Crippen LogP contribution in [-0.4, -0.2) is 29.0 Å². The minimum absolute atomic E-state index is 0.249. The molecule has 0 radical (unpaired) electrons. The zero-order valence-electron chi connectivity index (χ0n) is 10.2. The van der Waals surface area contributed by atoms with E-state index in [1.54, 1.807) is 18.2 Å². The van der Waals surface area contributed by atoms with Crippen molar-refractivity contribution >= 4 is 17.6 Å². The molecule has 6 heteroatoms. The highest BCUT2D eigenvalue weighted by molar-refractivity contribution is 6.03. The van der Waals surface area contributed by atoms with Crippen molar-refractivity contribution in [2.75, 3.05) is 12.4 Å². The van der Waals surface area contributed by atoms with Crippen LogP contribution >= 0.6 is 0 Å². The first-order valence-electron chi connectivity index (χ1n) is 5.46. The van der Waals surface area contributed by atoms with Crippen LogP contribution in [0.25, 0.3) is 0 Å². The predicted molar refractivity (Wildman–Crippen MR) is 67.8 cm³/mol. The van der Waals surface area contributed by atoms with Crippen molar-refractivity contribution in [3.05, 3.63) is 54.1 Å². The summed E-state index contributed by atoms with van der Waals surface area (Å²) < 4.78 is 4.61. The van der Waals surface area contributed by atoms with Gasteiger partial charge in [0.25, 0.3) is 5.91 Å². The molecule has 6 nitrogen and oxygen atoms in total. The van der Waals surface area contributed by atoms with Gasteiger partial charge in [0.1, 0.15) is 12.0 Å². The number of benzene rings is 1. The van der Waals surface area contributed by atoms with Crippen molar-refractivity contribution in [1.29, 1.82) is 0 Å². The third kappa shape index (κ3) is 3.12. The third-order valence-electron chi connectivity index (χ3n) is 2.36. The van der Waals surface area contributed by atoms with Gasteiger partial charge in [0.15, 0.2) is 0 Å². The Kier molecular flexibility index (Phi) is 3.82. The Balaban J connectivity index is 2.16. The lowest BCUT2D eigenvalue weighted by Crippen LogP contribution is -2.14. The Labute approximate surface area is 109 Å². The lowest BCUT2D eigenvalue weighted by Gasteiger charge is -2.06. The first-order chi connectivity index (χ1) is 9.20. The van der Waals surface area contributed by atoms with Crippen LogP contribution < -0.4 is 5.32 Å². The highest BCUT2D eigenvalue weighted by atomic mass is 16.5. The minimum Gasteiger partial charge on any atom is -0.465 e. The van der Waals surface area contributed by atoms with Crippen LogP contribution in [0.15, 0.2) is 42.9 Å². The molecule has 1 N–H and O–H groups in total. The number of esters is 1. The molecule has 1 aromatic heterocycles. The summed E-state index contributed by atoms with van der Waals surface area (Å²) in [5, 5.41) is 2.64. The second-order valence-corrected chi connectivity index (χ2v) is 3.62. The number of rotatable bonds is 3. The summed E-state index contributed by atoms with van der Waals surface area (Å²) in [4.78, 5) is 30.8. The summed E-state index contributed by atoms with van der Waals surface area (Å²) in [6.07, 6.45) is 2.77. The van der Waals surface area contributed by atoms with Crippen molar-refractivity contribution < 1.29 is 14.3 Å². The highest BCUT2D eigenvalue weighted by Crippen LogP contribution is 2.12. The topological polar surface area (TPSA) is 81.2 Å². The molecule has 0 spiro atoms. The van der Waals surface area contributed by atoms with Gasteiger partial charge >= 0.3 is 5.97 Å². The molecular weight excluding hydrogens is 246 g/mol. The van der Waals surface area contributed by atoms with E-state index in [4.69, 9.17) is 0 Å². The van der Waals surface area contributed by atoms with Crippen LogP contribution in [0.1, 0.15) is 20.8 Å². The summed E-state index contributed by atoms with van der Waals surface area (Å²) in [5.41, 5.74) is 1.10. The van der Waals surface area contributed by atoms with E-state index in [0.717, 1.165) is 0 Å². The standard InChI is InChI=1S/C13H11N3O3/c1-19-13(18)9-3-2-4-10(7-9)16-12(17)11-5-6-14-8-15-11/h2-8H,1H3,(H,16,17). The van der Waals surface area contributed by atoms with Gasteiger partial charge in [-0.1, -0.05) is 6.07 Å². The lowest BCUT2D eigenvalue weighted by molar-refractivity contribution is 0.0600. The highest BCUT2D eigenvalue weighted by Gasteiger charge is 2.09. The Hall–Kier alpha value is -2.76. The third-order valence-corrected chi connectivity index (χ3v) is 2.36. The largest absolute Gasteiger partial charge is 0.465 e. The quantitative estimate of drug-likeness (QED) is 0.843. The summed E-state index contributed by atoms with van der Waals surface area (Å²) in [6, 6.07) is 7.96. The molecule has 19 heavy (non-hydrogen) atoms. The SMILES string of the molecule is COC(=O)c1cccc(NC(=O)c2ccncn2)c1. The lowest BCUT2D eigenvalue weighted by atomic mass is 10.2. The van der Waals surface area contributed by atoms with Gasteiger partial charge in [0.05, 0.1) is 12.7 Å². The van der Waals surface area contributed by atoms with Crippen LogP contribution in [0.3, 0.4) is 0 Å². The number of carbonyl (C=O) groups is 2. The number of aromatic nitrogens is 2. The number of hydrogen-bond donors (Lipinski definition) is 1. The monoisotopic (exact) mass is 257 g/mol. The molecule has 0 bridgehead atoms. The van der Waals surface area contributed by atoms with Crippen LogP contribution in [0.4, 0.5) is 5.69 Å². The summed E-state index contributed by atoms with van der Waals surface area (Å²) in [5.74, 6) is -0.831. The van der Waals surface area contributed by atoms with E-state index in [0.29, 0.717) is 11.3 Å². The number of hydrogen-bond acceptors (Lipinski definition) is 5. The van der Waals surface area contributed by atoms with Gasteiger partial charge in [-0.25, -0.2) is 14.8 Å². The molecule has 96 valence electrons. The van der Waals surface area contributed by atoms with E-state index in [1.165, 1.54) is 31.8 Å². The number of ether oxygens (including phenoxy) is 1. The molecule has 1 aromatic carbocycles. The molecule has 0 aliphatic heterocycles. The molecule has 0 aliphatic rings. The number of anilines is 1. The van der Waals surface area contributed by atoms with E-state index < -0.39 is 5.97 Å². The molecule has 0 unspecified atom stereocenters. The Morgan fingerprint density at radius 3 is 2.79 bits per heavy atom. The molecule has 1 heterocycles. The zero-order valence-corrected chi connectivity index (χ0v) is 10.2. The van der Waals surface area contributed by atoms with Gasteiger partial charge in [0.2, 0.25) is 0 Å². The predicted octanol–water partition coefficient (Wildman–Crippen LogP) is 1.52. The van der Waals surface area contributed by atoms with Crippen LogP contribution in [0, 0.1) is 0 Å². The van der Waals surface area contributed by atoms with Crippen molar-refractivity contribution in [2.24, 2.45) is 0 Å². The maximum Gasteiger partial charge on any atom is 0.337 e. The van der Waals surface area contributed by atoms with Crippen molar-refractivity contribution in [2.45, 2.75) is 0 Å². The molecule has 0 aliphatic carbocycles. The average Bonchev–Trinajstić information content (AvgIpc) is 2.47. The number of carbonyl (C=O) groups excluding carboxylic acids is 2. The first kappa shape index (κ1) is 12.7. The van der Waals surface area contributed by atoms with Crippen molar-refractivity contribution in [3.63, 3.8) is 0 Å². The maximum absolute atomic E-state index is 11.8. The normalized spacial score (nSPS) is 9.74. The van der Waals surface area contributed by atoms with E-state index in [-0.39, 0.29) is 11.6 Å². The summed E-state index contributed by atoms with van der Waals surface area (Å²) in [6.45, 7) is 0. The number of nitrogens with one attached hydrogen (secondary N) is 1. The van der Waals surface area contributed by atoms with E-state index in [2.05, 4.69) is 20.0 Å². The maximum atomic E-state index is 11.8. The molecule has 0 fully saturated rings. The molecule has 1 amide bonds. The minimum atomic E-state index is -0.460. The Bertz CT molecular complexity index is 599. The fraction of sp³-hybridized carbons (Fsp3) is 0.0769. The average molecular weight is 257 g/mol. The van der Waals surface area contributed by atoms with E-state index in [1.807, 2.05) is 0 Å². The van der Waals surface area contributed by atoms with Crippen molar-refractivity contribution in [1.82, 2.24) is 9.97 Å². The Morgan fingerprint density at radius 2 is 2.11 bits per heavy atom. The van der Waals surface area contributed by atoms with E-state index >= 15 is 0 Å². The van der Waals surface area contributed by atoms with Crippen LogP contribution in [0.5, 0.6) is 0 Å². The number of nitrogens with zero attached hydrogens (tertiary/aromatic N) is 2. The molecule has 2 rings (SSSR count). The van der Waals surface area contributed by atoms with E-state index in [9.17, 15) is 9.59 Å². The van der Waals surface area contributed by atoms with Gasteiger partial charge in [-0.3, -0.25) is 4.79 Å². The molecule has 0 saturated heterocycles. The van der Waals surface area contributed by atoms with Crippen LogP contribution in [0.2, 0.25) is 0 Å². The summed E-state index contributed by atoms with van der Waals surface area (Å²) in [7, 11) is 1.30. The molecule has 0 saturated carbocycles. The Morgan fingerprint density at radius 1 is 1.26 bits per heavy atom.